The number of hydrogen-bond acceptors (Lipinski definition) is 4. The predicted molar refractivity (Wildman–Crippen MR) is 54.1 cm³/mol. The van der Waals surface area contributed by atoms with Crippen LogP contribution in [0, 0.1) is 0 Å². The van der Waals surface area contributed by atoms with Crippen LogP contribution in [0.3, 0.4) is 0 Å². The summed E-state index contributed by atoms with van der Waals surface area (Å²) in [6.07, 6.45) is 0.639. The topological polar surface area (TPSA) is 18.5 Å². The number of rotatable bonds is 5. The van der Waals surface area contributed by atoms with Crippen LogP contribution in [-0.4, -0.2) is 48.4 Å². The van der Waals surface area contributed by atoms with E-state index >= 15 is 0 Å². The van der Waals surface area contributed by atoms with Crippen LogP contribution in [0.25, 0.3) is 0 Å². The van der Waals surface area contributed by atoms with Crippen LogP contribution in [0.15, 0.2) is 0 Å². The fourth-order valence-electron chi connectivity index (χ4n) is 1.49. The van der Waals surface area contributed by atoms with Gasteiger partial charge in [-0.3, -0.25) is 0 Å². The first-order valence-electron chi connectivity index (χ1n) is 4.15. The Kier molecular flexibility index (Phi) is 2.89. The summed E-state index contributed by atoms with van der Waals surface area (Å²) >= 11 is 3.95. The molecule has 2 nitrogen and oxygen atoms in total. The number of ether oxygens (including phenoxy) is 2. The summed E-state index contributed by atoms with van der Waals surface area (Å²) in [7, 11) is 3.59. The molecule has 0 radical (unpaired) electrons. The van der Waals surface area contributed by atoms with Gasteiger partial charge in [-0.25, -0.2) is 0 Å². The Morgan fingerprint density at radius 1 is 1.00 bits per heavy atom. The summed E-state index contributed by atoms with van der Waals surface area (Å²) in [5.74, 6) is 2.49. The third-order valence-electron chi connectivity index (χ3n) is 2.32. The van der Waals surface area contributed by atoms with Crippen molar-refractivity contribution in [3.63, 3.8) is 0 Å². The van der Waals surface area contributed by atoms with Gasteiger partial charge in [-0.15, -0.1) is 0 Å². The minimum absolute atomic E-state index is 0.319. The van der Waals surface area contributed by atoms with Gasteiger partial charge in [-0.05, 0) is 0 Å². The molecule has 2 aliphatic rings. The Labute approximate surface area is 81.8 Å². The summed E-state index contributed by atoms with van der Waals surface area (Å²) in [6.45, 7) is 0. The first-order chi connectivity index (χ1) is 5.86. The van der Waals surface area contributed by atoms with Crippen molar-refractivity contribution in [2.45, 2.75) is 22.7 Å². The molecule has 0 N–H and O–H groups in total. The van der Waals surface area contributed by atoms with Crippen molar-refractivity contribution in [2.75, 3.05) is 25.7 Å². The Balaban J connectivity index is 1.91. The molecule has 0 aromatic heterocycles. The molecule has 4 heteroatoms. The van der Waals surface area contributed by atoms with Gasteiger partial charge in [0.25, 0.3) is 0 Å². The Morgan fingerprint density at radius 3 is 1.50 bits per heavy atom. The highest BCUT2D eigenvalue weighted by Gasteiger charge is 2.45. The van der Waals surface area contributed by atoms with Crippen LogP contribution in [0.2, 0.25) is 0 Å². The molecule has 2 saturated heterocycles. The highest BCUT2D eigenvalue weighted by molar-refractivity contribution is 8.07. The fraction of sp³-hybridized carbons (Fsp3) is 1.00. The molecular formula is C8H14O2S2. The van der Waals surface area contributed by atoms with Gasteiger partial charge in [-0.2, -0.15) is 23.5 Å². The fourth-order valence-corrected chi connectivity index (χ4v) is 3.00. The van der Waals surface area contributed by atoms with Gasteiger partial charge < -0.3 is 9.47 Å². The van der Waals surface area contributed by atoms with Crippen molar-refractivity contribution in [3.8, 4) is 0 Å². The van der Waals surface area contributed by atoms with Crippen LogP contribution in [-0.2, 0) is 9.47 Å². The van der Waals surface area contributed by atoms with Gasteiger partial charge in [0.1, 0.15) is 0 Å². The average molecular weight is 206 g/mol. The van der Waals surface area contributed by atoms with Crippen molar-refractivity contribution in [1.82, 2.24) is 0 Å². The first kappa shape index (κ1) is 9.19. The van der Waals surface area contributed by atoms with E-state index in [9.17, 15) is 0 Å². The molecule has 0 aromatic carbocycles. The number of thioether (sulfide) groups is 2. The molecule has 0 bridgehead atoms. The third-order valence-corrected chi connectivity index (χ3v) is 4.29. The molecule has 2 fully saturated rings. The Hall–Kier alpha value is 0.620. The van der Waals surface area contributed by atoms with Crippen molar-refractivity contribution in [1.29, 1.82) is 0 Å². The summed E-state index contributed by atoms with van der Waals surface area (Å²) in [5.41, 5.74) is 0. The summed E-state index contributed by atoms with van der Waals surface area (Å²) < 4.78 is 10.9. The maximum atomic E-state index is 5.47. The minimum Gasteiger partial charge on any atom is -0.378 e. The van der Waals surface area contributed by atoms with Crippen molar-refractivity contribution >= 4 is 23.5 Å². The zero-order valence-electron chi connectivity index (χ0n) is 7.36. The molecule has 70 valence electrons. The van der Waals surface area contributed by atoms with Crippen LogP contribution in [0.5, 0.6) is 0 Å². The van der Waals surface area contributed by atoms with Crippen LogP contribution in [0.1, 0.15) is 0 Å². The van der Waals surface area contributed by atoms with Gasteiger partial charge in [0.2, 0.25) is 0 Å². The Bertz CT molecular complexity index is 139. The predicted octanol–water partition coefficient (Wildman–Crippen LogP) is 1.25. The Morgan fingerprint density at radius 2 is 1.33 bits per heavy atom. The van der Waals surface area contributed by atoms with E-state index in [1.54, 1.807) is 14.2 Å². The molecule has 0 saturated carbocycles. The molecule has 4 atom stereocenters. The lowest BCUT2D eigenvalue weighted by atomic mass is 10.1. The van der Waals surface area contributed by atoms with Crippen molar-refractivity contribution < 1.29 is 9.47 Å². The van der Waals surface area contributed by atoms with E-state index in [0.717, 1.165) is 0 Å². The van der Waals surface area contributed by atoms with Gasteiger partial charge in [0.05, 0.1) is 12.2 Å². The second kappa shape index (κ2) is 3.78. The standard InChI is InChI=1S/C8H14O2S2/c1-9-7(5-3-11-5)8(10-2)6-4-12-6/h5-8H,3-4H2,1-2H3/t5-,6+,7?,8?. The quantitative estimate of drug-likeness (QED) is 0.630. The van der Waals surface area contributed by atoms with E-state index in [0.29, 0.717) is 22.7 Å². The second-order valence-electron chi connectivity index (χ2n) is 3.14. The first-order valence-corrected chi connectivity index (χ1v) is 6.25. The molecule has 0 amide bonds. The highest BCUT2D eigenvalue weighted by atomic mass is 32.2. The minimum atomic E-state index is 0.319. The molecule has 2 heterocycles. The molecule has 0 aliphatic carbocycles. The lowest BCUT2D eigenvalue weighted by Gasteiger charge is -2.22. The van der Waals surface area contributed by atoms with Crippen LogP contribution >= 0.6 is 23.5 Å². The van der Waals surface area contributed by atoms with E-state index in [2.05, 4.69) is 0 Å². The average Bonchev–Trinajstić information content (AvgIpc) is 2.85. The van der Waals surface area contributed by atoms with E-state index in [-0.39, 0.29) is 0 Å². The molecular weight excluding hydrogens is 192 g/mol. The molecule has 2 rings (SSSR count). The molecule has 12 heavy (non-hydrogen) atoms. The van der Waals surface area contributed by atoms with Crippen molar-refractivity contribution in [2.24, 2.45) is 0 Å². The van der Waals surface area contributed by atoms with Crippen LogP contribution in [0.4, 0.5) is 0 Å². The van der Waals surface area contributed by atoms with Crippen molar-refractivity contribution in [3.05, 3.63) is 0 Å². The molecule has 2 unspecified atom stereocenters. The zero-order valence-corrected chi connectivity index (χ0v) is 8.99. The van der Waals surface area contributed by atoms with Gasteiger partial charge in [0.15, 0.2) is 0 Å². The zero-order chi connectivity index (χ0) is 8.55. The largest absolute Gasteiger partial charge is 0.378 e. The lowest BCUT2D eigenvalue weighted by Crippen LogP contribution is -2.37. The highest BCUT2D eigenvalue weighted by Crippen LogP contribution is 2.43. The smallest absolute Gasteiger partial charge is 0.0970 e. The van der Waals surface area contributed by atoms with E-state index in [1.165, 1.54) is 11.5 Å². The lowest BCUT2D eigenvalue weighted by molar-refractivity contribution is -0.0256. The third kappa shape index (κ3) is 1.92. The normalized spacial score (nSPS) is 37.5. The molecule has 0 aromatic rings. The second-order valence-corrected chi connectivity index (χ2v) is 5.69. The van der Waals surface area contributed by atoms with E-state index in [4.69, 9.17) is 9.47 Å². The molecule has 0 spiro atoms. The van der Waals surface area contributed by atoms with Gasteiger partial charge >= 0.3 is 0 Å². The van der Waals surface area contributed by atoms with Gasteiger partial charge in [0, 0.05) is 36.2 Å². The number of hydrogen-bond donors (Lipinski definition) is 0. The van der Waals surface area contributed by atoms with Crippen LogP contribution < -0.4 is 0 Å². The SMILES string of the molecule is COC(C(OC)[C@H]1CS1)[C@@H]1CS1. The number of methoxy groups -OCH3 is 2. The summed E-state index contributed by atoms with van der Waals surface area (Å²) in [5, 5.41) is 1.39. The molecule has 2 aliphatic heterocycles. The summed E-state index contributed by atoms with van der Waals surface area (Å²) in [6, 6.07) is 0. The maximum Gasteiger partial charge on any atom is 0.0970 e. The maximum absolute atomic E-state index is 5.47. The van der Waals surface area contributed by atoms with E-state index in [1.807, 2.05) is 23.5 Å². The monoisotopic (exact) mass is 206 g/mol. The summed E-state index contributed by atoms with van der Waals surface area (Å²) in [4.78, 5) is 0. The van der Waals surface area contributed by atoms with Gasteiger partial charge in [-0.1, -0.05) is 0 Å². The van der Waals surface area contributed by atoms with E-state index < -0.39 is 0 Å².